The maximum absolute atomic E-state index is 11.3. The molecule has 0 aliphatic rings. The summed E-state index contributed by atoms with van der Waals surface area (Å²) >= 11 is 0. The third-order valence-electron chi connectivity index (χ3n) is 2.41. The number of hydrogen-bond donors (Lipinski definition) is 1. The molecule has 0 radical (unpaired) electrons. The van der Waals surface area contributed by atoms with Crippen LogP contribution in [0.15, 0.2) is 58.7 Å². The van der Waals surface area contributed by atoms with Crippen molar-refractivity contribution >= 4 is 12.0 Å². The van der Waals surface area contributed by atoms with Gasteiger partial charge < -0.3 is 10.2 Å². The zero-order chi connectivity index (χ0) is 12.1. The van der Waals surface area contributed by atoms with Gasteiger partial charge in [0.1, 0.15) is 5.76 Å². The van der Waals surface area contributed by atoms with E-state index in [4.69, 9.17) is 10.2 Å². The van der Waals surface area contributed by atoms with Gasteiger partial charge >= 0.3 is 0 Å². The van der Waals surface area contributed by atoms with Gasteiger partial charge in [-0.15, -0.1) is 0 Å². The molecule has 0 unspecified atom stereocenters. The SMILES string of the molecule is NC(=O)/C(=C/c1ccco1)Cc1ccccc1. The average molecular weight is 227 g/mol. The van der Waals surface area contributed by atoms with E-state index in [2.05, 4.69) is 0 Å². The van der Waals surface area contributed by atoms with E-state index in [1.165, 1.54) is 0 Å². The minimum Gasteiger partial charge on any atom is -0.465 e. The molecule has 86 valence electrons. The normalized spacial score (nSPS) is 11.4. The summed E-state index contributed by atoms with van der Waals surface area (Å²) in [6.07, 6.45) is 3.75. The van der Waals surface area contributed by atoms with Crippen molar-refractivity contribution in [2.24, 2.45) is 5.73 Å². The van der Waals surface area contributed by atoms with Crippen molar-refractivity contribution < 1.29 is 9.21 Å². The van der Waals surface area contributed by atoms with E-state index in [1.54, 1.807) is 24.5 Å². The van der Waals surface area contributed by atoms with Gasteiger partial charge in [0.25, 0.3) is 0 Å². The number of primary amides is 1. The van der Waals surface area contributed by atoms with Crippen LogP contribution in [0, 0.1) is 0 Å². The van der Waals surface area contributed by atoms with Crippen molar-refractivity contribution in [3.63, 3.8) is 0 Å². The Bertz CT molecular complexity index is 512. The van der Waals surface area contributed by atoms with Crippen molar-refractivity contribution in [2.45, 2.75) is 6.42 Å². The van der Waals surface area contributed by atoms with Crippen molar-refractivity contribution in [2.75, 3.05) is 0 Å². The molecule has 0 atom stereocenters. The number of furan rings is 1. The Morgan fingerprint density at radius 3 is 2.53 bits per heavy atom. The molecule has 1 amide bonds. The Labute approximate surface area is 99.6 Å². The fraction of sp³-hybridized carbons (Fsp3) is 0.0714. The van der Waals surface area contributed by atoms with Gasteiger partial charge in [-0.25, -0.2) is 0 Å². The Morgan fingerprint density at radius 2 is 1.94 bits per heavy atom. The quantitative estimate of drug-likeness (QED) is 0.815. The predicted octanol–water partition coefficient (Wildman–Crippen LogP) is 2.39. The summed E-state index contributed by atoms with van der Waals surface area (Å²) in [5.41, 5.74) is 6.93. The van der Waals surface area contributed by atoms with Crippen molar-refractivity contribution in [1.82, 2.24) is 0 Å². The first-order valence-corrected chi connectivity index (χ1v) is 5.33. The monoisotopic (exact) mass is 227 g/mol. The molecule has 17 heavy (non-hydrogen) atoms. The number of rotatable bonds is 4. The van der Waals surface area contributed by atoms with E-state index in [1.807, 2.05) is 30.3 Å². The maximum atomic E-state index is 11.3. The van der Waals surface area contributed by atoms with Crippen LogP contribution in [0.2, 0.25) is 0 Å². The highest BCUT2D eigenvalue weighted by Gasteiger charge is 2.07. The first-order chi connectivity index (χ1) is 8.25. The van der Waals surface area contributed by atoms with E-state index in [0.29, 0.717) is 17.8 Å². The summed E-state index contributed by atoms with van der Waals surface area (Å²) in [6, 6.07) is 13.3. The number of carbonyl (C=O) groups excluding carboxylic acids is 1. The highest BCUT2D eigenvalue weighted by molar-refractivity contribution is 5.96. The number of carbonyl (C=O) groups is 1. The van der Waals surface area contributed by atoms with E-state index >= 15 is 0 Å². The Kier molecular flexibility index (Phi) is 3.40. The molecule has 0 spiro atoms. The second kappa shape index (κ2) is 5.16. The first-order valence-electron chi connectivity index (χ1n) is 5.33. The van der Waals surface area contributed by atoms with Crippen molar-refractivity contribution in [3.8, 4) is 0 Å². The van der Waals surface area contributed by atoms with Gasteiger partial charge in [0.15, 0.2) is 0 Å². The molecule has 3 nitrogen and oxygen atoms in total. The second-order valence-electron chi connectivity index (χ2n) is 3.71. The van der Waals surface area contributed by atoms with E-state index < -0.39 is 5.91 Å². The molecule has 0 fully saturated rings. The van der Waals surface area contributed by atoms with E-state index in [9.17, 15) is 4.79 Å². The lowest BCUT2D eigenvalue weighted by Gasteiger charge is -2.02. The van der Waals surface area contributed by atoms with Gasteiger partial charge in [-0.2, -0.15) is 0 Å². The Morgan fingerprint density at radius 1 is 1.18 bits per heavy atom. The highest BCUT2D eigenvalue weighted by Crippen LogP contribution is 2.12. The molecule has 2 aromatic rings. The largest absolute Gasteiger partial charge is 0.465 e. The van der Waals surface area contributed by atoms with Crippen LogP contribution in [-0.4, -0.2) is 5.91 Å². The molecular formula is C14H13NO2. The lowest BCUT2D eigenvalue weighted by molar-refractivity contribution is -0.114. The molecule has 0 aliphatic heterocycles. The number of amides is 1. The highest BCUT2D eigenvalue weighted by atomic mass is 16.3. The van der Waals surface area contributed by atoms with E-state index in [0.717, 1.165) is 5.56 Å². The van der Waals surface area contributed by atoms with Gasteiger partial charge in [0, 0.05) is 12.0 Å². The van der Waals surface area contributed by atoms with Gasteiger partial charge in [-0.1, -0.05) is 30.3 Å². The van der Waals surface area contributed by atoms with Crippen LogP contribution in [0.1, 0.15) is 11.3 Å². The van der Waals surface area contributed by atoms with Crippen LogP contribution in [0.5, 0.6) is 0 Å². The molecule has 1 heterocycles. The molecule has 2 N–H and O–H groups in total. The Hall–Kier alpha value is -2.29. The molecule has 0 aliphatic carbocycles. The fourth-order valence-corrected chi connectivity index (χ4v) is 1.57. The van der Waals surface area contributed by atoms with Gasteiger partial charge in [-0.3, -0.25) is 4.79 Å². The van der Waals surface area contributed by atoms with Gasteiger partial charge in [-0.05, 0) is 23.8 Å². The third-order valence-corrected chi connectivity index (χ3v) is 2.41. The number of nitrogens with two attached hydrogens (primary N) is 1. The summed E-state index contributed by atoms with van der Waals surface area (Å²) in [5.74, 6) is 0.208. The zero-order valence-electron chi connectivity index (χ0n) is 9.30. The minimum atomic E-state index is -0.426. The molecule has 3 heteroatoms. The molecule has 0 bridgehead atoms. The summed E-state index contributed by atoms with van der Waals surface area (Å²) in [7, 11) is 0. The topological polar surface area (TPSA) is 56.2 Å². The van der Waals surface area contributed by atoms with Crippen LogP contribution < -0.4 is 5.73 Å². The molecule has 1 aromatic heterocycles. The lowest BCUT2D eigenvalue weighted by Crippen LogP contribution is -2.15. The van der Waals surface area contributed by atoms with Crippen LogP contribution in [0.3, 0.4) is 0 Å². The molecule has 0 saturated carbocycles. The van der Waals surface area contributed by atoms with Gasteiger partial charge in [0.2, 0.25) is 5.91 Å². The van der Waals surface area contributed by atoms with E-state index in [-0.39, 0.29) is 0 Å². The molecule has 0 saturated heterocycles. The summed E-state index contributed by atoms with van der Waals surface area (Å²) < 4.78 is 5.17. The molecule has 1 aromatic carbocycles. The first kappa shape index (κ1) is 11.2. The smallest absolute Gasteiger partial charge is 0.245 e. The van der Waals surface area contributed by atoms with Gasteiger partial charge in [0.05, 0.1) is 6.26 Å². The predicted molar refractivity (Wildman–Crippen MR) is 66.0 cm³/mol. The van der Waals surface area contributed by atoms with Crippen LogP contribution in [0.25, 0.3) is 6.08 Å². The third kappa shape index (κ3) is 3.08. The number of benzene rings is 1. The van der Waals surface area contributed by atoms with Crippen molar-refractivity contribution in [1.29, 1.82) is 0 Å². The van der Waals surface area contributed by atoms with Crippen LogP contribution in [0.4, 0.5) is 0 Å². The summed E-state index contributed by atoms with van der Waals surface area (Å²) in [6.45, 7) is 0. The van der Waals surface area contributed by atoms with Crippen molar-refractivity contribution in [3.05, 3.63) is 65.6 Å². The molecule has 2 rings (SSSR count). The standard InChI is InChI=1S/C14H13NO2/c15-14(16)12(10-13-7-4-8-17-13)9-11-5-2-1-3-6-11/h1-8,10H,9H2,(H2,15,16)/b12-10+. The lowest BCUT2D eigenvalue weighted by atomic mass is 10.0. The fourth-order valence-electron chi connectivity index (χ4n) is 1.57. The zero-order valence-corrected chi connectivity index (χ0v) is 9.30. The molecular weight excluding hydrogens is 214 g/mol. The Balaban J connectivity index is 2.22. The van der Waals surface area contributed by atoms with Crippen LogP contribution in [-0.2, 0) is 11.2 Å². The minimum absolute atomic E-state index is 0.426. The number of hydrogen-bond acceptors (Lipinski definition) is 2. The summed E-state index contributed by atoms with van der Waals surface area (Å²) in [5, 5.41) is 0. The summed E-state index contributed by atoms with van der Waals surface area (Å²) in [4.78, 5) is 11.3. The average Bonchev–Trinajstić information content (AvgIpc) is 2.82. The van der Waals surface area contributed by atoms with Crippen LogP contribution >= 0.6 is 0 Å². The maximum Gasteiger partial charge on any atom is 0.245 e. The second-order valence-corrected chi connectivity index (χ2v) is 3.71.